The van der Waals surface area contributed by atoms with Crippen LogP contribution in [0.25, 0.3) is 0 Å². The molecule has 1 aromatic carbocycles. The summed E-state index contributed by atoms with van der Waals surface area (Å²) in [6.07, 6.45) is 3.66. The summed E-state index contributed by atoms with van der Waals surface area (Å²) in [6.45, 7) is 2.87. The molecule has 2 N–H and O–H groups in total. The maximum Gasteiger partial charge on any atom is 0.191 e. The number of rotatable bonds is 5. The van der Waals surface area contributed by atoms with E-state index in [-0.39, 0.29) is 5.41 Å². The minimum absolute atomic E-state index is 0.0563. The average Bonchev–Trinajstić information content (AvgIpc) is 2.70. The smallest absolute Gasteiger partial charge is 0.191 e. The van der Waals surface area contributed by atoms with Gasteiger partial charge in [0.1, 0.15) is 0 Å². The molecule has 0 amide bonds. The minimum atomic E-state index is -0.0563. The number of halogens is 1. The normalized spacial score (nSPS) is 16.9. The SMILES string of the molecule is CN=C(NCc1ccccn1)NCC1(c2ccccc2Cl)CCOCC1. The highest BCUT2D eigenvalue weighted by Crippen LogP contribution is 2.38. The molecule has 1 aliphatic rings. The van der Waals surface area contributed by atoms with Crippen molar-refractivity contribution in [3.05, 3.63) is 64.9 Å². The van der Waals surface area contributed by atoms with Crippen LogP contribution in [0.5, 0.6) is 0 Å². The van der Waals surface area contributed by atoms with Crippen molar-refractivity contribution >= 4 is 17.6 Å². The molecule has 1 saturated heterocycles. The highest BCUT2D eigenvalue weighted by Gasteiger charge is 2.36. The molecule has 0 bridgehead atoms. The lowest BCUT2D eigenvalue weighted by molar-refractivity contribution is 0.0514. The number of guanidine groups is 1. The van der Waals surface area contributed by atoms with Crippen molar-refractivity contribution in [1.29, 1.82) is 0 Å². The van der Waals surface area contributed by atoms with E-state index in [0.29, 0.717) is 6.54 Å². The maximum atomic E-state index is 6.51. The van der Waals surface area contributed by atoms with Gasteiger partial charge in [-0.25, -0.2) is 0 Å². The highest BCUT2D eigenvalue weighted by atomic mass is 35.5. The van der Waals surface area contributed by atoms with E-state index in [9.17, 15) is 0 Å². The van der Waals surface area contributed by atoms with Gasteiger partial charge in [0.05, 0.1) is 12.2 Å². The molecule has 138 valence electrons. The van der Waals surface area contributed by atoms with Crippen LogP contribution >= 0.6 is 11.6 Å². The Bertz CT molecular complexity index is 730. The number of hydrogen-bond donors (Lipinski definition) is 2. The Kier molecular flexibility index (Phi) is 6.47. The zero-order chi connectivity index (χ0) is 18.2. The lowest BCUT2D eigenvalue weighted by atomic mass is 9.74. The summed E-state index contributed by atoms with van der Waals surface area (Å²) >= 11 is 6.51. The van der Waals surface area contributed by atoms with Crippen LogP contribution in [0.15, 0.2) is 53.7 Å². The van der Waals surface area contributed by atoms with Crippen molar-refractivity contribution < 1.29 is 4.74 Å². The number of ether oxygens (including phenoxy) is 1. The molecule has 5 nitrogen and oxygen atoms in total. The summed E-state index contributed by atoms with van der Waals surface area (Å²) < 4.78 is 5.60. The third-order valence-electron chi connectivity index (χ3n) is 4.88. The first kappa shape index (κ1) is 18.7. The molecule has 1 aromatic heterocycles. The minimum Gasteiger partial charge on any atom is -0.381 e. The van der Waals surface area contributed by atoms with Crippen LogP contribution in [0.3, 0.4) is 0 Å². The predicted molar refractivity (Wildman–Crippen MR) is 106 cm³/mol. The molecule has 26 heavy (non-hydrogen) atoms. The summed E-state index contributed by atoms with van der Waals surface area (Å²) in [5, 5.41) is 7.61. The highest BCUT2D eigenvalue weighted by molar-refractivity contribution is 6.31. The fraction of sp³-hybridized carbons (Fsp3) is 0.400. The zero-order valence-corrected chi connectivity index (χ0v) is 15.8. The van der Waals surface area contributed by atoms with E-state index in [0.717, 1.165) is 49.3 Å². The number of nitrogens with one attached hydrogen (secondary N) is 2. The van der Waals surface area contributed by atoms with Gasteiger partial charge in [-0.2, -0.15) is 0 Å². The van der Waals surface area contributed by atoms with Crippen LogP contribution in [0.1, 0.15) is 24.1 Å². The maximum absolute atomic E-state index is 6.51. The van der Waals surface area contributed by atoms with E-state index >= 15 is 0 Å². The van der Waals surface area contributed by atoms with Crippen LogP contribution in [0, 0.1) is 0 Å². The lowest BCUT2D eigenvalue weighted by Crippen LogP contribution is -2.48. The van der Waals surface area contributed by atoms with Crippen molar-refractivity contribution in [1.82, 2.24) is 15.6 Å². The second kappa shape index (κ2) is 9.01. The van der Waals surface area contributed by atoms with Gasteiger partial charge in [-0.15, -0.1) is 0 Å². The first-order valence-electron chi connectivity index (χ1n) is 8.91. The first-order valence-corrected chi connectivity index (χ1v) is 9.28. The Balaban J connectivity index is 1.68. The Labute approximate surface area is 159 Å². The molecule has 0 unspecified atom stereocenters. The van der Waals surface area contributed by atoms with E-state index in [1.54, 1.807) is 13.2 Å². The van der Waals surface area contributed by atoms with Gasteiger partial charge in [-0.3, -0.25) is 9.98 Å². The number of pyridine rings is 1. The topological polar surface area (TPSA) is 58.5 Å². The van der Waals surface area contributed by atoms with Crippen LogP contribution < -0.4 is 10.6 Å². The standard InChI is InChI=1S/C20H25ClN4O/c1-22-19(24-14-16-6-4-5-11-23-16)25-15-20(9-12-26-13-10-20)17-7-2-3-8-18(17)21/h2-8,11H,9-10,12-15H2,1H3,(H2,22,24,25). The van der Waals surface area contributed by atoms with Crippen molar-refractivity contribution in [3.63, 3.8) is 0 Å². The summed E-state index contributed by atoms with van der Waals surface area (Å²) in [7, 11) is 1.78. The molecule has 0 spiro atoms. The molecule has 0 radical (unpaired) electrons. The van der Waals surface area contributed by atoms with E-state index in [4.69, 9.17) is 16.3 Å². The second-order valence-corrected chi connectivity index (χ2v) is 6.88. The van der Waals surface area contributed by atoms with E-state index in [1.165, 1.54) is 5.56 Å². The Morgan fingerprint density at radius 1 is 1.15 bits per heavy atom. The van der Waals surface area contributed by atoms with Crippen molar-refractivity contribution in [2.24, 2.45) is 4.99 Å². The van der Waals surface area contributed by atoms with E-state index in [1.807, 2.05) is 36.4 Å². The van der Waals surface area contributed by atoms with Crippen LogP contribution in [-0.4, -0.2) is 37.7 Å². The molecule has 3 rings (SSSR count). The summed E-state index contributed by atoms with van der Waals surface area (Å²) in [5.74, 6) is 0.758. The van der Waals surface area contributed by atoms with Gasteiger partial charge in [-0.1, -0.05) is 35.9 Å². The number of aromatic nitrogens is 1. The van der Waals surface area contributed by atoms with Gasteiger partial charge >= 0.3 is 0 Å². The first-order chi connectivity index (χ1) is 12.7. The molecule has 2 aromatic rings. The molecule has 0 aliphatic carbocycles. The molecular weight excluding hydrogens is 348 g/mol. The average molecular weight is 373 g/mol. The monoisotopic (exact) mass is 372 g/mol. The Hall–Kier alpha value is -2.11. The Morgan fingerprint density at radius 3 is 2.62 bits per heavy atom. The zero-order valence-electron chi connectivity index (χ0n) is 15.0. The van der Waals surface area contributed by atoms with Crippen molar-refractivity contribution in [2.75, 3.05) is 26.8 Å². The largest absolute Gasteiger partial charge is 0.381 e. The van der Waals surface area contributed by atoms with Gasteiger partial charge < -0.3 is 15.4 Å². The second-order valence-electron chi connectivity index (χ2n) is 6.47. The van der Waals surface area contributed by atoms with E-state index < -0.39 is 0 Å². The van der Waals surface area contributed by atoms with Gasteiger partial charge in [0.15, 0.2) is 5.96 Å². The molecule has 6 heteroatoms. The van der Waals surface area contributed by atoms with Crippen molar-refractivity contribution in [3.8, 4) is 0 Å². The van der Waals surface area contributed by atoms with Gasteiger partial charge in [0, 0.05) is 43.4 Å². The fourth-order valence-corrected chi connectivity index (χ4v) is 3.68. The molecule has 1 aliphatic heterocycles. The Morgan fingerprint density at radius 2 is 1.92 bits per heavy atom. The van der Waals surface area contributed by atoms with Gasteiger partial charge in [0.25, 0.3) is 0 Å². The molecule has 1 fully saturated rings. The van der Waals surface area contributed by atoms with E-state index in [2.05, 4.69) is 26.7 Å². The lowest BCUT2D eigenvalue weighted by Gasteiger charge is -2.38. The third kappa shape index (κ3) is 4.54. The molecule has 0 atom stereocenters. The van der Waals surface area contributed by atoms with Gasteiger partial charge in [-0.05, 0) is 36.6 Å². The van der Waals surface area contributed by atoms with Gasteiger partial charge in [0.2, 0.25) is 0 Å². The fourth-order valence-electron chi connectivity index (χ4n) is 3.35. The summed E-state index contributed by atoms with van der Waals surface area (Å²) in [6, 6.07) is 14.0. The van der Waals surface area contributed by atoms with Crippen molar-refractivity contribution in [2.45, 2.75) is 24.8 Å². The number of aliphatic imine (C=N–C) groups is 1. The number of benzene rings is 1. The predicted octanol–water partition coefficient (Wildman–Crippen LogP) is 3.15. The summed E-state index contributed by atoms with van der Waals surface area (Å²) in [5.41, 5.74) is 2.10. The molecule has 0 saturated carbocycles. The summed E-state index contributed by atoms with van der Waals surface area (Å²) in [4.78, 5) is 8.67. The number of nitrogens with zero attached hydrogens (tertiary/aromatic N) is 2. The number of hydrogen-bond acceptors (Lipinski definition) is 3. The van der Waals surface area contributed by atoms with Crippen LogP contribution in [0.4, 0.5) is 0 Å². The van der Waals surface area contributed by atoms with Crippen LogP contribution in [-0.2, 0) is 16.7 Å². The quantitative estimate of drug-likeness (QED) is 0.625. The molecule has 2 heterocycles. The third-order valence-corrected chi connectivity index (χ3v) is 5.21. The molecular formula is C20H25ClN4O. The van der Waals surface area contributed by atoms with Crippen LogP contribution in [0.2, 0.25) is 5.02 Å².